The van der Waals surface area contributed by atoms with E-state index in [1.165, 1.54) is 7.11 Å². The van der Waals surface area contributed by atoms with Crippen molar-refractivity contribution in [1.29, 1.82) is 0 Å². The predicted octanol–water partition coefficient (Wildman–Crippen LogP) is 4.46. The Kier molecular flexibility index (Phi) is 5.62. The summed E-state index contributed by atoms with van der Waals surface area (Å²) in [5.41, 5.74) is -1.06. The Morgan fingerprint density at radius 1 is 1.17 bits per heavy atom. The van der Waals surface area contributed by atoms with Gasteiger partial charge in [0.05, 0.1) is 18.8 Å². The molecule has 1 aliphatic carbocycles. The number of aromatic nitrogens is 1. The Hall–Kier alpha value is -2.16. The molecule has 1 aromatic heterocycles. The van der Waals surface area contributed by atoms with E-state index in [0.717, 1.165) is 35.1 Å². The van der Waals surface area contributed by atoms with Gasteiger partial charge >= 0.3 is 0 Å². The fraction of sp³-hybridized carbons (Fsp3) is 0.370. The smallest absolute Gasteiger partial charge is 0.224 e. The van der Waals surface area contributed by atoms with E-state index in [0.29, 0.717) is 17.9 Å². The van der Waals surface area contributed by atoms with Gasteiger partial charge in [0.1, 0.15) is 10.9 Å². The highest BCUT2D eigenvalue weighted by Gasteiger charge is 2.77. The number of hydrogen-bond donors (Lipinski definition) is 2. The number of halogens is 2. The van der Waals surface area contributed by atoms with Crippen molar-refractivity contribution in [2.24, 2.45) is 5.92 Å². The fourth-order valence-electron chi connectivity index (χ4n) is 6.31. The van der Waals surface area contributed by atoms with Gasteiger partial charge in [-0.2, -0.15) is 0 Å². The largest absolute Gasteiger partial charge is 0.481 e. The summed E-state index contributed by atoms with van der Waals surface area (Å²) in [7, 11) is 1.48. The van der Waals surface area contributed by atoms with E-state index < -0.39 is 17.3 Å². The maximum atomic E-state index is 12.8. The van der Waals surface area contributed by atoms with Crippen molar-refractivity contribution in [2.75, 3.05) is 26.7 Å². The van der Waals surface area contributed by atoms with Gasteiger partial charge in [0.2, 0.25) is 5.88 Å². The fourth-order valence-corrected chi connectivity index (χ4v) is 6.75. The van der Waals surface area contributed by atoms with Gasteiger partial charge in [-0.3, -0.25) is 0 Å². The molecule has 5 unspecified atom stereocenters. The summed E-state index contributed by atoms with van der Waals surface area (Å²) in [6.45, 7) is 2.60. The van der Waals surface area contributed by atoms with Crippen LogP contribution in [0.2, 0.25) is 5.15 Å². The molecule has 182 valence electrons. The third-order valence-corrected chi connectivity index (χ3v) is 8.60. The average Bonchev–Trinajstić information content (AvgIpc) is 3.19. The Bertz CT molecular complexity index is 1260. The first kappa shape index (κ1) is 23.3. The number of pyridine rings is 1. The summed E-state index contributed by atoms with van der Waals surface area (Å²) in [5.74, 6) is -0.139. The van der Waals surface area contributed by atoms with E-state index in [1.807, 2.05) is 54.6 Å². The summed E-state index contributed by atoms with van der Waals surface area (Å²) >= 11 is 9.83. The Balaban J connectivity index is 1.65. The van der Waals surface area contributed by atoms with Crippen LogP contribution < -0.4 is 9.47 Å². The van der Waals surface area contributed by atoms with E-state index in [9.17, 15) is 10.2 Å². The quantitative estimate of drug-likeness (QED) is 0.451. The topological polar surface area (TPSA) is 75.0 Å². The third kappa shape index (κ3) is 3.22. The molecule has 1 saturated carbocycles. The summed E-state index contributed by atoms with van der Waals surface area (Å²) < 4.78 is 13.3. The monoisotopic (exact) mass is 556 g/mol. The van der Waals surface area contributed by atoms with Gasteiger partial charge < -0.3 is 24.6 Å². The molecule has 2 fully saturated rings. The second kappa shape index (κ2) is 8.46. The van der Waals surface area contributed by atoms with E-state index in [1.54, 1.807) is 6.07 Å². The zero-order valence-corrected chi connectivity index (χ0v) is 21.5. The number of fused-ring (bicyclic) bond motifs is 3. The lowest BCUT2D eigenvalue weighted by molar-refractivity contribution is -0.152. The van der Waals surface area contributed by atoms with Gasteiger partial charge in [0, 0.05) is 28.9 Å². The first-order valence-electron chi connectivity index (χ1n) is 11.8. The Labute approximate surface area is 217 Å². The van der Waals surface area contributed by atoms with Crippen LogP contribution in [0.5, 0.6) is 11.6 Å². The van der Waals surface area contributed by atoms with Crippen LogP contribution >= 0.6 is 27.5 Å². The first-order valence-corrected chi connectivity index (χ1v) is 12.9. The van der Waals surface area contributed by atoms with Gasteiger partial charge in [0.25, 0.3) is 0 Å². The van der Waals surface area contributed by atoms with E-state index in [-0.39, 0.29) is 22.9 Å². The molecule has 0 bridgehead atoms. The van der Waals surface area contributed by atoms with Crippen LogP contribution in [0.15, 0.2) is 65.1 Å². The number of methoxy groups -OCH3 is 1. The van der Waals surface area contributed by atoms with Crippen LogP contribution in [0.25, 0.3) is 0 Å². The lowest BCUT2D eigenvalue weighted by Gasteiger charge is -2.41. The molecular weight excluding hydrogens is 532 g/mol. The standard InChI is InChI=1S/C27H26BrClN2O4/c1-34-25-23-20(14-21(29)30-25)35-27(17-8-10-18(28)11-9-17)22(16-6-3-2-4-7-16)19(15-31-12-5-13-31)24(32)26(23,27)33/h2-4,6-11,14,19,22,24,32-33H,5,12-13,15H2,1H3. The van der Waals surface area contributed by atoms with Crippen molar-refractivity contribution in [2.45, 2.75) is 29.6 Å². The molecule has 2 aliphatic heterocycles. The molecular formula is C27H26BrClN2O4. The molecule has 1 saturated heterocycles. The summed E-state index contributed by atoms with van der Waals surface area (Å²) in [5, 5.41) is 25.0. The minimum absolute atomic E-state index is 0.157. The predicted molar refractivity (Wildman–Crippen MR) is 136 cm³/mol. The molecule has 35 heavy (non-hydrogen) atoms. The molecule has 0 amide bonds. The molecule has 8 heteroatoms. The molecule has 5 atom stereocenters. The molecule has 2 N–H and O–H groups in total. The maximum Gasteiger partial charge on any atom is 0.224 e. The number of aliphatic hydroxyl groups excluding tert-OH is 1. The zero-order valence-electron chi connectivity index (χ0n) is 19.2. The lowest BCUT2D eigenvalue weighted by Crippen LogP contribution is -2.52. The van der Waals surface area contributed by atoms with Crippen LogP contribution in [0.1, 0.15) is 29.0 Å². The minimum atomic E-state index is -1.82. The SMILES string of the molecule is COc1nc(Cl)cc2c1C1(O)C(O)C(CN3CCC3)C(c3ccccc3)C1(c1ccc(Br)cc1)O2. The second-order valence-corrected chi connectivity index (χ2v) is 10.9. The van der Waals surface area contributed by atoms with Crippen molar-refractivity contribution < 1.29 is 19.7 Å². The Morgan fingerprint density at radius 3 is 2.51 bits per heavy atom. The zero-order chi connectivity index (χ0) is 24.4. The molecule has 3 aliphatic rings. The second-order valence-electron chi connectivity index (χ2n) is 9.59. The van der Waals surface area contributed by atoms with Gasteiger partial charge in [-0.15, -0.1) is 0 Å². The summed E-state index contributed by atoms with van der Waals surface area (Å²) in [6, 6.07) is 19.3. The van der Waals surface area contributed by atoms with Gasteiger partial charge in [-0.05, 0) is 42.8 Å². The van der Waals surface area contributed by atoms with Crippen LogP contribution in [0.3, 0.4) is 0 Å². The first-order chi connectivity index (χ1) is 16.9. The van der Waals surface area contributed by atoms with Gasteiger partial charge in [-0.1, -0.05) is 70.0 Å². The normalized spacial score (nSPS) is 31.4. The highest BCUT2D eigenvalue weighted by molar-refractivity contribution is 9.10. The number of likely N-dealkylation sites (tertiary alicyclic amines) is 1. The van der Waals surface area contributed by atoms with E-state index in [4.69, 9.17) is 21.1 Å². The number of ether oxygens (including phenoxy) is 2. The van der Waals surface area contributed by atoms with Crippen LogP contribution in [0, 0.1) is 5.92 Å². The highest BCUT2D eigenvalue weighted by Crippen LogP contribution is 2.69. The molecule has 0 radical (unpaired) electrons. The summed E-state index contributed by atoms with van der Waals surface area (Å²) in [4.78, 5) is 6.65. The molecule has 6 rings (SSSR count). The third-order valence-electron chi connectivity index (χ3n) is 7.88. The maximum absolute atomic E-state index is 12.8. The molecule has 6 nitrogen and oxygen atoms in total. The molecule has 0 spiro atoms. The lowest BCUT2D eigenvalue weighted by atomic mass is 9.71. The molecule has 3 heterocycles. The minimum Gasteiger partial charge on any atom is -0.481 e. The molecule has 3 aromatic rings. The van der Waals surface area contributed by atoms with Crippen molar-refractivity contribution >= 4 is 27.5 Å². The number of aliphatic hydroxyl groups is 2. The van der Waals surface area contributed by atoms with Crippen molar-refractivity contribution in [3.63, 3.8) is 0 Å². The highest BCUT2D eigenvalue weighted by atomic mass is 79.9. The number of nitrogens with zero attached hydrogens (tertiary/aromatic N) is 2. The van der Waals surface area contributed by atoms with Crippen molar-refractivity contribution in [3.05, 3.63) is 87.0 Å². The van der Waals surface area contributed by atoms with Crippen LogP contribution in [0.4, 0.5) is 0 Å². The van der Waals surface area contributed by atoms with Crippen molar-refractivity contribution in [3.8, 4) is 11.6 Å². The number of hydrogen-bond acceptors (Lipinski definition) is 6. The molecule has 2 aromatic carbocycles. The number of benzene rings is 2. The van der Waals surface area contributed by atoms with E-state index >= 15 is 0 Å². The van der Waals surface area contributed by atoms with Crippen molar-refractivity contribution in [1.82, 2.24) is 9.88 Å². The van der Waals surface area contributed by atoms with Gasteiger partial charge in [0.15, 0.2) is 11.2 Å². The van der Waals surface area contributed by atoms with Crippen LogP contribution in [-0.2, 0) is 11.2 Å². The Morgan fingerprint density at radius 2 is 1.89 bits per heavy atom. The van der Waals surface area contributed by atoms with Crippen LogP contribution in [-0.4, -0.2) is 52.9 Å². The number of rotatable bonds is 5. The van der Waals surface area contributed by atoms with E-state index in [2.05, 4.69) is 25.8 Å². The summed E-state index contributed by atoms with van der Waals surface area (Å²) in [6.07, 6.45) is -0.00801. The average molecular weight is 558 g/mol. The van der Waals surface area contributed by atoms with Gasteiger partial charge in [-0.25, -0.2) is 4.98 Å².